The van der Waals surface area contributed by atoms with E-state index in [9.17, 15) is 19.2 Å². The molecule has 0 unspecified atom stereocenters. The van der Waals surface area contributed by atoms with E-state index >= 15 is 0 Å². The number of carbonyl (C=O) groups excluding carboxylic acids is 4. The predicted molar refractivity (Wildman–Crippen MR) is 68.3 cm³/mol. The second-order valence-corrected chi connectivity index (χ2v) is 3.64. The van der Waals surface area contributed by atoms with Gasteiger partial charge in [0.1, 0.15) is 0 Å². The number of amides is 1. The van der Waals surface area contributed by atoms with Crippen LogP contribution in [0.15, 0.2) is 0 Å². The number of hydrogen-bond acceptors (Lipinski definition) is 6. The number of esters is 2. The maximum absolute atomic E-state index is 12.0. The van der Waals surface area contributed by atoms with E-state index in [0.717, 1.165) is 6.92 Å². The second kappa shape index (κ2) is 8.69. The first-order valence-electron chi connectivity index (χ1n) is 5.99. The fourth-order valence-corrected chi connectivity index (χ4v) is 1.41. The van der Waals surface area contributed by atoms with Crippen molar-refractivity contribution in [1.29, 1.82) is 0 Å². The van der Waals surface area contributed by atoms with Crippen LogP contribution in [-0.4, -0.2) is 42.9 Å². The second-order valence-electron chi connectivity index (χ2n) is 3.64. The first-order valence-corrected chi connectivity index (χ1v) is 5.99. The molecule has 7 nitrogen and oxygen atoms in total. The summed E-state index contributed by atoms with van der Waals surface area (Å²) in [6.45, 7) is 4.28. The lowest BCUT2D eigenvalue weighted by Crippen LogP contribution is -2.61. The fraction of sp³-hybridized carbons (Fsp3) is 0.538. The zero-order valence-electron chi connectivity index (χ0n) is 11.6. The van der Waals surface area contributed by atoms with Gasteiger partial charge in [-0.3, -0.25) is 9.59 Å². The van der Waals surface area contributed by atoms with E-state index in [1.807, 2.05) is 0 Å². The van der Waals surface area contributed by atoms with Crippen molar-refractivity contribution in [2.24, 2.45) is 0 Å². The highest BCUT2D eigenvalue weighted by atomic mass is 16.6. The molecule has 110 valence electrons. The Bertz CT molecular complexity index is 428. The molecule has 7 heteroatoms. The molecule has 0 spiro atoms. The molecule has 0 saturated carbocycles. The summed E-state index contributed by atoms with van der Waals surface area (Å²) in [6.07, 6.45) is -0.0994. The number of rotatable bonds is 6. The Hall–Kier alpha value is -2.36. The molecule has 0 rings (SSSR count). The molecule has 0 aromatic carbocycles. The summed E-state index contributed by atoms with van der Waals surface area (Å²) in [7, 11) is 0. The molecule has 0 heterocycles. The minimum Gasteiger partial charge on any atom is -0.464 e. The van der Waals surface area contributed by atoms with Gasteiger partial charge in [-0.15, -0.1) is 0 Å². The van der Waals surface area contributed by atoms with Crippen LogP contribution < -0.4 is 5.32 Å². The Morgan fingerprint density at radius 2 is 1.65 bits per heavy atom. The van der Waals surface area contributed by atoms with Gasteiger partial charge < -0.3 is 14.8 Å². The topological polar surface area (TPSA) is 98.8 Å². The summed E-state index contributed by atoms with van der Waals surface area (Å²) in [6, 6.07) is 0. The Balaban J connectivity index is 5.59. The molecule has 0 aliphatic rings. The van der Waals surface area contributed by atoms with Gasteiger partial charge in [0.15, 0.2) is 6.29 Å². The van der Waals surface area contributed by atoms with E-state index in [2.05, 4.69) is 17.2 Å². The number of aldehydes is 1. The van der Waals surface area contributed by atoms with E-state index < -0.39 is 29.8 Å². The highest BCUT2D eigenvalue weighted by Gasteiger charge is 2.49. The van der Waals surface area contributed by atoms with Gasteiger partial charge in [0.25, 0.3) is 0 Å². The minimum atomic E-state index is -2.06. The van der Waals surface area contributed by atoms with Crippen molar-refractivity contribution in [3.63, 3.8) is 0 Å². The van der Waals surface area contributed by atoms with Crippen molar-refractivity contribution in [3.05, 3.63) is 0 Å². The van der Waals surface area contributed by atoms with Crippen LogP contribution in [-0.2, 0) is 28.7 Å². The van der Waals surface area contributed by atoms with Gasteiger partial charge in [-0.05, 0) is 19.8 Å². The van der Waals surface area contributed by atoms with Gasteiger partial charge in [-0.2, -0.15) is 0 Å². The van der Waals surface area contributed by atoms with Gasteiger partial charge >= 0.3 is 11.9 Å². The number of carbonyl (C=O) groups is 4. The smallest absolute Gasteiger partial charge is 0.344 e. The maximum atomic E-state index is 12.0. The summed E-state index contributed by atoms with van der Waals surface area (Å²) in [5.74, 6) is 1.82. The zero-order valence-corrected chi connectivity index (χ0v) is 11.6. The number of ether oxygens (including phenoxy) is 2. The molecular weight excluding hydrogens is 266 g/mol. The van der Waals surface area contributed by atoms with Crippen molar-refractivity contribution < 1.29 is 28.7 Å². The third-order valence-electron chi connectivity index (χ3n) is 2.15. The first-order chi connectivity index (χ1) is 9.44. The molecule has 0 atom stereocenters. The summed E-state index contributed by atoms with van der Waals surface area (Å²) < 4.78 is 9.59. The van der Waals surface area contributed by atoms with E-state index in [4.69, 9.17) is 9.47 Å². The van der Waals surface area contributed by atoms with Gasteiger partial charge in [-0.1, -0.05) is 5.92 Å². The van der Waals surface area contributed by atoms with Gasteiger partial charge in [0, 0.05) is 6.92 Å². The first kappa shape index (κ1) is 17.6. The Morgan fingerprint density at radius 1 is 1.15 bits per heavy atom. The number of nitrogens with one attached hydrogen (secondary N) is 1. The molecule has 0 radical (unpaired) electrons. The van der Waals surface area contributed by atoms with Crippen LogP contribution in [0.4, 0.5) is 0 Å². The van der Waals surface area contributed by atoms with Crippen molar-refractivity contribution in [2.75, 3.05) is 13.2 Å². The van der Waals surface area contributed by atoms with Crippen LogP contribution >= 0.6 is 0 Å². The average Bonchev–Trinajstić information content (AvgIpc) is 2.37. The highest BCUT2D eigenvalue weighted by molar-refractivity contribution is 6.08. The number of hydrogen-bond donors (Lipinski definition) is 1. The quantitative estimate of drug-likeness (QED) is 0.308. The SMILES string of the molecule is CCOC(=O)C(CC#CC=O)(NC(C)=O)C(=O)OCC. The third-order valence-corrected chi connectivity index (χ3v) is 2.15. The summed E-state index contributed by atoms with van der Waals surface area (Å²) in [5.41, 5.74) is -2.06. The van der Waals surface area contributed by atoms with Crippen molar-refractivity contribution in [1.82, 2.24) is 5.32 Å². The zero-order chi connectivity index (χ0) is 15.6. The van der Waals surface area contributed by atoms with Crippen molar-refractivity contribution in [3.8, 4) is 11.8 Å². The van der Waals surface area contributed by atoms with Crippen LogP contribution in [0.2, 0.25) is 0 Å². The Labute approximate surface area is 117 Å². The molecule has 20 heavy (non-hydrogen) atoms. The van der Waals surface area contributed by atoms with Gasteiger partial charge in [0.05, 0.1) is 19.6 Å². The van der Waals surface area contributed by atoms with Crippen LogP contribution in [0.25, 0.3) is 0 Å². The Morgan fingerprint density at radius 3 is 2.00 bits per heavy atom. The lowest BCUT2D eigenvalue weighted by molar-refractivity contribution is -0.167. The van der Waals surface area contributed by atoms with Crippen LogP contribution in [0, 0.1) is 11.8 Å². The van der Waals surface area contributed by atoms with Crippen LogP contribution in [0.1, 0.15) is 27.2 Å². The molecular formula is C13H17NO6. The molecule has 0 aromatic rings. The lowest BCUT2D eigenvalue weighted by Gasteiger charge is -2.27. The third kappa shape index (κ3) is 4.72. The molecule has 0 aromatic heterocycles. The van der Waals surface area contributed by atoms with E-state index in [1.54, 1.807) is 13.8 Å². The molecule has 0 fully saturated rings. The van der Waals surface area contributed by atoms with Crippen molar-refractivity contribution in [2.45, 2.75) is 32.7 Å². The molecule has 1 amide bonds. The standard InChI is InChI=1S/C13H17NO6/c1-4-19-11(17)13(14-10(3)16,8-6-7-9-15)12(18)20-5-2/h9H,4-5,8H2,1-3H3,(H,14,16). The van der Waals surface area contributed by atoms with Crippen molar-refractivity contribution >= 4 is 24.1 Å². The largest absolute Gasteiger partial charge is 0.464 e. The average molecular weight is 283 g/mol. The molecule has 0 aliphatic heterocycles. The predicted octanol–water partition coefficient (Wildman–Crippen LogP) is -0.420. The molecule has 0 bridgehead atoms. The summed E-state index contributed by atoms with van der Waals surface area (Å²) in [5, 5.41) is 2.22. The van der Waals surface area contributed by atoms with E-state index in [1.165, 1.54) is 0 Å². The molecule has 0 aliphatic carbocycles. The van der Waals surface area contributed by atoms with E-state index in [-0.39, 0.29) is 13.2 Å². The lowest BCUT2D eigenvalue weighted by atomic mass is 9.95. The normalized spacial score (nSPS) is 9.75. The fourth-order valence-electron chi connectivity index (χ4n) is 1.41. The minimum absolute atomic E-state index is 0.0146. The van der Waals surface area contributed by atoms with Gasteiger partial charge in [0.2, 0.25) is 11.4 Å². The van der Waals surface area contributed by atoms with Gasteiger partial charge in [-0.25, -0.2) is 9.59 Å². The van der Waals surface area contributed by atoms with E-state index in [0.29, 0.717) is 6.29 Å². The summed E-state index contributed by atoms with van der Waals surface area (Å²) in [4.78, 5) is 45.5. The molecule has 1 N–H and O–H groups in total. The maximum Gasteiger partial charge on any atom is 0.344 e. The van der Waals surface area contributed by atoms with Crippen LogP contribution in [0.3, 0.4) is 0 Å². The monoisotopic (exact) mass is 283 g/mol. The highest BCUT2D eigenvalue weighted by Crippen LogP contribution is 2.16. The molecule has 0 saturated heterocycles. The van der Waals surface area contributed by atoms with Crippen LogP contribution in [0.5, 0.6) is 0 Å². The Kier molecular flexibility index (Phi) is 7.67. The summed E-state index contributed by atoms with van der Waals surface area (Å²) >= 11 is 0.